The van der Waals surface area contributed by atoms with E-state index in [0.717, 1.165) is 40.6 Å². The average molecular weight is 295 g/mol. The van der Waals surface area contributed by atoms with Gasteiger partial charge in [-0.1, -0.05) is 61.9 Å². The maximum Gasteiger partial charge on any atom is 0.115 e. The van der Waals surface area contributed by atoms with Crippen molar-refractivity contribution in [2.24, 2.45) is 0 Å². The predicted molar refractivity (Wildman–Crippen MR) is 89.7 cm³/mol. The minimum atomic E-state index is -0.00508. The first-order valence-corrected chi connectivity index (χ1v) is 7.78. The molecule has 3 aromatic rings. The van der Waals surface area contributed by atoms with Crippen LogP contribution in [-0.2, 0) is 6.61 Å². The molecule has 114 valence electrons. The topological polar surface area (TPSA) is 34.4 Å². The van der Waals surface area contributed by atoms with Gasteiger partial charge >= 0.3 is 0 Å². The molecule has 0 unspecified atom stereocenters. The Morgan fingerprint density at radius 3 is 2.45 bits per heavy atom. The van der Waals surface area contributed by atoms with Gasteiger partial charge in [-0.25, -0.2) is 0 Å². The Morgan fingerprint density at radius 2 is 1.73 bits per heavy atom. The number of aliphatic hydroxyl groups excluding tert-OH is 1. The summed E-state index contributed by atoms with van der Waals surface area (Å²) in [6.07, 6.45) is 2.10. The predicted octanol–water partition coefficient (Wildman–Crippen LogP) is 4.03. The second kappa shape index (κ2) is 6.67. The van der Waals surface area contributed by atoms with Gasteiger partial charge in [-0.05, 0) is 12.5 Å². The number of unbranched alkanes of at least 4 members (excludes halogenated alkanes) is 1. The van der Waals surface area contributed by atoms with E-state index < -0.39 is 0 Å². The molecule has 3 nitrogen and oxygen atoms in total. The lowest BCUT2D eigenvalue weighted by Crippen LogP contribution is -2.14. The molecule has 3 heteroatoms. The molecule has 0 bridgehead atoms. The first kappa shape index (κ1) is 14.7. The molecule has 22 heavy (non-hydrogen) atoms. The number of benzene rings is 2. The maximum atomic E-state index is 9.89. The average Bonchev–Trinajstić information content (AvgIpc) is 2.90. The van der Waals surface area contributed by atoms with Crippen LogP contribution in [0.3, 0.4) is 0 Å². The van der Waals surface area contributed by atoms with Gasteiger partial charge in [0.1, 0.15) is 6.61 Å². The molecule has 0 radical (unpaired) electrons. The van der Waals surface area contributed by atoms with E-state index in [0.29, 0.717) is 6.61 Å². The Balaban J connectivity index is 2.20. The van der Waals surface area contributed by atoms with Crippen molar-refractivity contribution in [1.82, 2.24) is 4.73 Å². The molecule has 3 rings (SSSR count). The molecule has 2 aromatic carbocycles. The van der Waals surface area contributed by atoms with Gasteiger partial charge < -0.3 is 9.94 Å². The lowest BCUT2D eigenvalue weighted by atomic mass is 10.1. The first-order chi connectivity index (χ1) is 10.9. The molecule has 1 aromatic heterocycles. The summed E-state index contributed by atoms with van der Waals surface area (Å²) in [5.41, 5.74) is 3.92. The van der Waals surface area contributed by atoms with Gasteiger partial charge in [0.15, 0.2) is 0 Å². The Kier molecular flexibility index (Phi) is 4.45. The Labute approximate surface area is 130 Å². The lowest BCUT2D eigenvalue weighted by Gasteiger charge is -2.13. The van der Waals surface area contributed by atoms with Crippen LogP contribution in [0, 0.1) is 0 Å². The fraction of sp³-hybridized carbons (Fsp3) is 0.263. The number of aromatic nitrogens is 1. The fourth-order valence-corrected chi connectivity index (χ4v) is 2.76. The first-order valence-electron chi connectivity index (χ1n) is 7.78. The van der Waals surface area contributed by atoms with Crippen LogP contribution in [0.25, 0.3) is 22.2 Å². The number of hydrogen-bond acceptors (Lipinski definition) is 2. The summed E-state index contributed by atoms with van der Waals surface area (Å²) in [7, 11) is 0. The summed E-state index contributed by atoms with van der Waals surface area (Å²) in [4.78, 5) is 6.03. The highest BCUT2D eigenvalue weighted by molar-refractivity contribution is 5.91. The number of hydrogen-bond donors (Lipinski definition) is 1. The van der Waals surface area contributed by atoms with Gasteiger partial charge in [0.25, 0.3) is 0 Å². The van der Waals surface area contributed by atoms with Gasteiger partial charge in [0.05, 0.1) is 17.8 Å². The summed E-state index contributed by atoms with van der Waals surface area (Å²) >= 11 is 0. The molecular weight excluding hydrogens is 274 g/mol. The van der Waals surface area contributed by atoms with Crippen molar-refractivity contribution in [2.45, 2.75) is 26.4 Å². The lowest BCUT2D eigenvalue weighted by molar-refractivity contribution is 0.120. The van der Waals surface area contributed by atoms with Crippen LogP contribution in [-0.4, -0.2) is 16.4 Å². The van der Waals surface area contributed by atoms with E-state index in [-0.39, 0.29) is 6.61 Å². The van der Waals surface area contributed by atoms with Gasteiger partial charge in [-0.3, -0.25) is 0 Å². The van der Waals surface area contributed by atoms with Gasteiger partial charge in [-0.15, -0.1) is 0 Å². The third-order valence-corrected chi connectivity index (χ3v) is 3.86. The van der Waals surface area contributed by atoms with E-state index in [1.165, 1.54) is 0 Å². The van der Waals surface area contributed by atoms with E-state index >= 15 is 0 Å². The number of para-hydroxylation sites is 1. The second-order valence-corrected chi connectivity index (χ2v) is 5.35. The maximum absolute atomic E-state index is 9.89. The van der Waals surface area contributed by atoms with Crippen LogP contribution in [0.2, 0.25) is 0 Å². The highest BCUT2D eigenvalue weighted by Gasteiger charge is 2.18. The Bertz CT molecular complexity index is 747. The zero-order chi connectivity index (χ0) is 15.4. The fourth-order valence-electron chi connectivity index (χ4n) is 2.76. The van der Waals surface area contributed by atoms with Gasteiger partial charge in [0, 0.05) is 16.5 Å². The highest BCUT2D eigenvalue weighted by atomic mass is 16.7. The summed E-state index contributed by atoms with van der Waals surface area (Å²) in [6.45, 7) is 2.81. The molecule has 0 atom stereocenters. The monoisotopic (exact) mass is 295 g/mol. The molecule has 0 saturated carbocycles. The molecule has 1 N–H and O–H groups in total. The Morgan fingerprint density at radius 1 is 1.00 bits per heavy atom. The van der Waals surface area contributed by atoms with Crippen molar-refractivity contribution >= 4 is 10.9 Å². The number of aliphatic hydroxyl groups is 1. The molecule has 0 aliphatic heterocycles. The van der Waals surface area contributed by atoms with Crippen LogP contribution in [0.15, 0.2) is 54.6 Å². The van der Waals surface area contributed by atoms with Crippen LogP contribution in [0.5, 0.6) is 0 Å². The van der Waals surface area contributed by atoms with E-state index in [9.17, 15) is 5.11 Å². The van der Waals surface area contributed by atoms with E-state index in [1.54, 1.807) is 0 Å². The molecule has 0 saturated heterocycles. The molecule has 0 aliphatic rings. The normalized spacial score (nSPS) is 11.0. The molecule has 0 fully saturated rings. The third kappa shape index (κ3) is 2.60. The standard InChI is InChI=1S/C19H21NO2/c1-2-3-13-22-20-18-12-8-7-11-16(18)17(14-21)19(20)15-9-5-4-6-10-15/h4-12,21H,2-3,13-14H2,1H3. The second-order valence-electron chi connectivity index (χ2n) is 5.35. The Hall–Kier alpha value is -2.26. The van der Waals surface area contributed by atoms with Gasteiger partial charge in [-0.2, -0.15) is 4.73 Å². The van der Waals surface area contributed by atoms with Crippen molar-refractivity contribution in [3.63, 3.8) is 0 Å². The van der Waals surface area contributed by atoms with Crippen molar-refractivity contribution in [3.05, 3.63) is 60.2 Å². The van der Waals surface area contributed by atoms with Crippen LogP contribution >= 0.6 is 0 Å². The summed E-state index contributed by atoms with van der Waals surface area (Å²) < 4.78 is 1.88. The van der Waals surface area contributed by atoms with Gasteiger partial charge in [0.2, 0.25) is 0 Å². The van der Waals surface area contributed by atoms with Crippen molar-refractivity contribution in [2.75, 3.05) is 6.61 Å². The van der Waals surface area contributed by atoms with E-state index in [1.807, 2.05) is 59.3 Å². The number of rotatable bonds is 6. The van der Waals surface area contributed by atoms with E-state index in [2.05, 4.69) is 6.92 Å². The largest absolute Gasteiger partial charge is 0.413 e. The highest BCUT2D eigenvalue weighted by Crippen LogP contribution is 2.33. The summed E-state index contributed by atoms with van der Waals surface area (Å²) in [5.74, 6) is 0. The molecule has 0 aliphatic carbocycles. The molecule has 0 amide bonds. The minimum Gasteiger partial charge on any atom is -0.413 e. The molecule has 0 spiro atoms. The van der Waals surface area contributed by atoms with Crippen LogP contribution in [0.4, 0.5) is 0 Å². The minimum absolute atomic E-state index is 0.00508. The SMILES string of the molecule is CCCCOn1c(-c2ccccc2)c(CO)c2ccccc21. The summed E-state index contributed by atoms with van der Waals surface area (Å²) in [6, 6.07) is 18.2. The molecular formula is C19H21NO2. The zero-order valence-electron chi connectivity index (χ0n) is 12.8. The molecule has 1 heterocycles. The quantitative estimate of drug-likeness (QED) is 0.697. The van der Waals surface area contributed by atoms with E-state index in [4.69, 9.17) is 4.84 Å². The van der Waals surface area contributed by atoms with Crippen molar-refractivity contribution in [3.8, 4) is 11.3 Å². The van der Waals surface area contributed by atoms with Crippen LogP contribution < -0.4 is 4.84 Å². The summed E-state index contributed by atoms with van der Waals surface area (Å²) in [5, 5.41) is 10.9. The number of nitrogens with zero attached hydrogens (tertiary/aromatic N) is 1. The smallest absolute Gasteiger partial charge is 0.115 e. The van der Waals surface area contributed by atoms with Crippen LogP contribution in [0.1, 0.15) is 25.3 Å². The van der Waals surface area contributed by atoms with Crippen molar-refractivity contribution in [1.29, 1.82) is 0 Å². The van der Waals surface area contributed by atoms with Crippen molar-refractivity contribution < 1.29 is 9.94 Å². The number of fused-ring (bicyclic) bond motifs is 1. The third-order valence-electron chi connectivity index (χ3n) is 3.86. The zero-order valence-corrected chi connectivity index (χ0v) is 12.8.